The van der Waals surface area contributed by atoms with Crippen LogP contribution in [0.15, 0.2) is 24.3 Å². The molecule has 0 amide bonds. The van der Waals surface area contributed by atoms with E-state index in [1.807, 2.05) is 32.0 Å². The van der Waals surface area contributed by atoms with Gasteiger partial charge in [0.15, 0.2) is 5.69 Å². The molecule has 0 aliphatic heterocycles. The Labute approximate surface area is 136 Å². The molecule has 0 unspecified atom stereocenters. The number of para-hydroxylation sites is 1. The number of hydrogen-bond donors (Lipinski definition) is 0. The zero-order valence-corrected chi connectivity index (χ0v) is 14.3. The third-order valence-corrected chi connectivity index (χ3v) is 4.25. The molecule has 0 spiro atoms. The summed E-state index contributed by atoms with van der Waals surface area (Å²) in [5.74, 6) is -0.244. The van der Waals surface area contributed by atoms with Gasteiger partial charge in [-0.15, -0.1) is 0 Å². The lowest BCUT2D eigenvalue weighted by Crippen LogP contribution is -2.06. The van der Waals surface area contributed by atoms with Gasteiger partial charge in [0.25, 0.3) is 0 Å². The van der Waals surface area contributed by atoms with E-state index in [4.69, 9.17) is 16.3 Å². The number of hydrogen-bond acceptors (Lipinski definition) is 3. The molecular weight excluding hydrogens is 391 g/mol. The van der Waals surface area contributed by atoms with E-state index in [0.717, 1.165) is 15.0 Å². The normalized spacial score (nSPS) is 10.9. The molecule has 0 fully saturated rings. The van der Waals surface area contributed by atoms with Crippen molar-refractivity contribution < 1.29 is 9.53 Å². The fourth-order valence-corrected chi connectivity index (χ4v) is 3.34. The van der Waals surface area contributed by atoms with Crippen LogP contribution in [0.5, 0.6) is 0 Å². The minimum Gasteiger partial charge on any atom is -0.464 e. The molecule has 1 heterocycles. The standard InChI is InChI=1S/C14H14ClIN2O2/c1-8(2)13-11(16)12(14(19)20-3)17-18(13)10-7-5-4-6-9(10)15/h4-8H,1-3H3. The van der Waals surface area contributed by atoms with Gasteiger partial charge < -0.3 is 4.74 Å². The predicted octanol–water partition coefficient (Wildman–Crippen LogP) is 4.04. The maximum Gasteiger partial charge on any atom is 0.359 e. The van der Waals surface area contributed by atoms with Gasteiger partial charge in [0, 0.05) is 0 Å². The number of halogens is 2. The van der Waals surface area contributed by atoms with Gasteiger partial charge in [-0.1, -0.05) is 37.6 Å². The maximum atomic E-state index is 11.8. The average molecular weight is 405 g/mol. The number of esters is 1. The summed E-state index contributed by atoms with van der Waals surface area (Å²) in [4.78, 5) is 11.8. The van der Waals surface area contributed by atoms with Gasteiger partial charge >= 0.3 is 5.97 Å². The average Bonchev–Trinajstić information content (AvgIpc) is 2.76. The second-order valence-electron chi connectivity index (χ2n) is 4.56. The van der Waals surface area contributed by atoms with Gasteiger partial charge in [0.2, 0.25) is 0 Å². The molecule has 4 nitrogen and oxygen atoms in total. The molecule has 1 aromatic carbocycles. The molecule has 0 saturated carbocycles. The van der Waals surface area contributed by atoms with E-state index in [9.17, 15) is 4.79 Å². The van der Waals surface area contributed by atoms with Crippen LogP contribution in [-0.4, -0.2) is 22.9 Å². The van der Waals surface area contributed by atoms with Crippen LogP contribution in [-0.2, 0) is 4.74 Å². The molecule has 1 aromatic heterocycles. The van der Waals surface area contributed by atoms with E-state index >= 15 is 0 Å². The predicted molar refractivity (Wildman–Crippen MR) is 86.7 cm³/mol. The first-order chi connectivity index (χ1) is 9.47. The highest BCUT2D eigenvalue weighted by molar-refractivity contribution is 14.1. The number of ether oxygens (including phenoxy) is 1. The van der Waals surface area contributed by atoms with Crippen molar-refractivity contribution in [2.75, 3.05) is 7.11 Å². The van der Waals surface area contributed by atoms with Crippen LogP contribution in [0.2, 0.25) is 5.02 Å². The van der Waals surface area contributed by atoms with Gasteiger partial charge in [0.1, 0.15) is 0 Å². The number of nitrogens with zero attached hydrogens (tertiary/aromatic N) is 2. The van der Waals surface area contributed by atoms with Crippen LogP contribution in [0.4, 0.5) is 0 Å². The first kappa shape index (κ1) is 15.3. The lowest BCUT2D eigenvalue weighted by Gasteiger charge is -2.11. The molecule has 0 saturated heterocycles. The van der Waals surface area contributed by atoms with Crippen molar-refractivity contribution in [1.82, 2.24) is 9.78 Å². The van der Waals surface area contributed by atoms with E-state index < -0.39 is 5.97 Å². The summed E-state index contributed by atoms with van der Waals surface area (Å²) in [7, 11) is 1.35. The van der Waals surface area contributed by atoms with Gasteiger partial charge in [-0.2, -0.15) is 5.10 Å². The largest absolute Gasteiger partial charge is 0.464 e. The molecular formula is C14H14ClIN2O2. The SMILES string of the molecule is COC(=O)c1nn(-c2ccccc2Cl)c(C(C)C)c1I. The molecule has 0 aliphatic carbocycles. The molecule has 0 radical (unpaired) electrons. The molecule has 0 bridgehead atoms. The van der Waals surface area contributed by atoms with Crippen molar-refractivity contribution in [2.24, 2.45) is 0 Å². The quantitative estimate of drug-likeness (QED) is 0.573. The number of benzene rings is 1. The van der Waals surface area contributed by atoms with E-state index in [1.54, 1.807) is 10.7 Å². The molecule has 0 N–H and O–H groups in total. The van der Waals surface area contributed by atoms with Gasteiger partial charge in [-0.05, 0) is 40.6 Å². The fraction of sp³-hybridized carbons (Fsp3) is 0.286. The van der Waals surface area contributed by atoms with Crippen molar-refractivity contribution in [2.45, 2.75) is 19.8 Å². The summed E-state index contributed by atoms with van der Waals surface area (Å²) in [6.45, 7) is 4.10. The topological polar surface area (TPSA) is 44.1 Å². The third kappa shape index (κ3) is 2.69. The lowest BCUT2D eigenvalue weighted by atomic mass is 10.1. The Morgan fingerprint density at radius 3 is 2.60 bits per heavy atom. The maximum absolute atomic E-state index is 11.8. The highest BCUT2D eigenvalue weighted by Gasteiger charge is 2.24. The van der Waals surface area contributed by atoms with Crippen LogP contribution in [0.3, 0.4) is 0 Å². The van der Waals surface area contributed by atoms with Crippen molar-refractivity contribution in [3.63, 3.8) is 0 Å². The van der Waals surface area contributed by atoms with Crippen LogP contribution >= 0.6 is 34.2 Å². The number of methoxy groups -OCH3 is 1. The Bertz CT molecular complexity index is 653. The zero-order chi connectivity index (χ0) is 14.9. The second kappa shape index (κ2) is 6.13. The molecule has 20 heavy (non-hydrogen) atoms. The third-order valence-electron chi connectivity index (χ3n) is 2.87. The van der Waals surface area contributed by atoms with Crippen molar-refractivity contribution in [3.8, 4) is 5.69 Å². The summed E-state index contributed by atoms with van der Waals surface area (Å²) in [5, 5.41) is 4.97. The Kier molecular flexibility index (Phi) is 4.70. The summed E-state index contributed by atoms with van der Waals surface area (Å²) in [6, 6.07) is 7.42. The Hall–Kier alpha value is -1.08. The van der Waals surface area contributed by atoms with E-state index in [0.29, 0.717) is 10.7 Å². The summed E-state index contributed by atoms with van der Waals surface area (Å²) in [6.07, 6.45) is 0. The number of carbonyl (C=O) groups excluding carboxylic acids is 1. The number of aromatic nitrogens is 2. The highest BCUT2D eigenvalue weighted by atomic mass is 127. The molecule has 0 aliphatic rings. The van der Waals surface area contributed by atoms with E-state index in [1.165, 1.54) is 7.11 Å². The second-order valence-corrected chi connectivity index (χ2v) is 6.04. The van der Waals surface area contributed by atoms with E-state index in [2.05, 4.69) is 27.7 Å². The molecule has 2 aromatic rings. The molecule has 0 atom stereocenters. The van der Waals surface area contributed by atoms with Gasteiger partial charge in [-0.3, -0.25) is 0 Å². The molecule has 6 heteroatoms. The van der Waals surface area contributed by atoms with Crippen LogP contribution in [0, 0.1) is 3.57 Å². The summed E-state index contributed by atoms with van der Waals surface area (Å²) >= 11 is 8.36. The van der Waals surface area contributed by atoms with Crippen LogP contribution < -0.4 is 0 Å². The monoisotopic (exact) mass is 404 g/mol. The lowest BCUT2D eigenvalue weighted by molar-refractivity contribution is 0.0592. The van der Waals surface area contributed by atoms with Gasteiger partial charge in [0.05, 0.1) is 27.1 Å². The van der Waals surface area contributed by atoms with Gasteiger partial charge in [-0.25, -0.2) is 9.48 Å². The Balaban J connectivity index is 2.70. The van der Waals surface area contributed by atoms with Crippen LogP contribution in [0.25, 0.3) is 5.69 Å². The zero-order valence-electron chi connectivity index (χ0n) is 11.4. The fourth-order valence-electron chi connectivity index (χ4n) is 1.94. The molecule has 106 valence electrons. The summed E-state index contributed by atoms with van der Waals surface area (Å²) < 4.78 is 7.30. The smallest absolute Gasteiger partial charge is 0.359 e. The summed E-state index contributed by atoms with van der Waals surface area (Å²) in [5.41, 5.74) is 2.02. The van der Waals surface area contributed by atoms with Crippen molar-refractivity contribution in [3.05, 3.63) is 44.2 Å². The van der Waals surface area contributed by atoms with Crippen molar-refractivity contribution in [1.29, 1.82) is 0 Å². The first-order valence-corrected chi connectivity index (χ1v) is 7.54. The molecule has 2 rings (SSSR count). The minimum atomic E-state index is -0.442. The van der Waals surface area contributed by atoms with E-state index in [-0.39, 0.29) is 5.92 Å². The first-order valence-electron chi connectivity index (χ1n) is 6.09. The minimum absolute atomic E-state index is 0.198. The van der Waals surface area contributed by atoms with Crippen molar-refractivity contribution >= 4 is 40.2 Å². The number of carbonyl (C=O) groups is 1. The highest BCUT2D eigenvalue weighted by Crippen LogP contribution is 2.30. The van der Waals surface area contributed by atoms with Crippen LogP contribution in [0.1, 0.15) is 35.9 Å². The Morgan fingerprint density at radius 2 is 2.05 bits per heavy atom. The Morgan fingerprint density at radius 1 is 1.40 bits per heavy atom. The number of rotatable bonds is 3.